The molecule has 1 amide bonds. The molecule has 0 aliphatic heterocycles. The zero-order chi connectivity index (χ0) is 21.3. The summed E-state index contributed by atoms with van der Waals surface area (Å²) in [6, 6.07) is 9.18. The molecule has 0 aliphatic rings. The van der Waals surface area contributed by atoms with Crippen molar-refractivity contribution in [3.05, 3.63) is 69.7 Å². The largest absolute Gasteiger partial charge is 0.468 e. The third kappa shape index (κ3) is 4.18. The van der Waals surface area contributed by atoms with Gasteiger partial charge >= 0.3 is 5.76 Å². The zero-order valence-corrected chi connectivity index (χ0v) is 16.0. The smallest absolute Gasteiger partial charge is 0.440 e. The highest BCUT2D eigenvalue weighted by molar-refractivity contribution is 5.93. The first-order chi connectivity index (χ1) is 13.6. The van der Waals surface area contributed by atoms with Crippen molar-refractivity contribution in [3.63, 3.8) is 0 Å². The Kier molecular flexibility index (Phi) is 5.23. The molecule has 0 atom stereocenters. The second-order valence-electron chi connectivity index (χ2n) is 7.37. The van der Waals surface area contributed by atoms with E-state index in [1.165, 1.54) is 0 Å². The van der Waals surface area contributed by atoms with Crippen LogP contribution in [0.1, 0.15) is 36.7 Å². The quantitative estimate of drug-likeness (QED) is 0.705. The average Bonchev–Trinajstić information content (AvgIpc) is 3.01. The third-order valence-electron chi connectivity index (χ3n) is 4.25. The van der Waals surface area contributed by atoms with Crippen LogP contribution in [-0.2, 0) is 12.1 Å². The molecule has 0 saturated carbocycles. The molecule has 1 aromatic heterocycles. The molecule has 0 bridgehead atoms. The van der Waals surface area contributed by atoms with E-state index < -0.39 is 41.3 Å². The van der Waals surface area contributed by atoms with Gasteiger partial charge in [-0.1, -0.05) is 32.9 Å². The van der Waals surface area contributed by atoms with Gasteiger partial charge in [0.15, 0.2) is 18.3 Å². The summed E-state index contributed by atoms with van der Waals surface area (Å²) in [4.78, 5) is 23.2. The van der Waals surface area contributed by atoms with Gasteiger partial charge in [0.25, 0.3) is 5.91 Å². The normalized spacial score (nSPS) is 11.5. The standard InChI is InChI=1S/C20H19F2N3O4/c1-20(2,3)12-6-4-11(5-7-12)18-24-25(19(27)29-18)10-28-14-9-8-13(21)15(16(14)22)17(23)26/h4-9H,10H2,1-3H3,(H2,23,26). The van der Waals surface area contributed by atoms with Gasteiger partial charge in [0.2, 0.25) is 5.89 Å². The van der Waals surface area contributed by atoms with Gasteiger partial charge in [-0.15, -0.1) is 5.10 Å². The van der Waals surface area contributed by atoms with E-state index >= 15 is 0 Å². The minimum absolute atomic E-state index is 0.0322. The fourth-order valence-electron chi connectivity index (χ4n) is 2.62. The molecule has 7 nitrogen and oxygen atoms in total. The molecule has 3 aromatic rings. The second kappa shape index (κ2) is 7.50. The molecule has 3 rings (SSSR count). The number of aromatic nitrogens is 2. The second-order valence-corrected chi connectivity index (χ2v) is 7.37. The molecule has 0 spiro atoms. The van der Waals surface area contributed by atoms with Gasteiger partial charge in [-0.3, -0.25) is 4.79 Å². The molecule has 0 radical (unpaired) electrons. The number of rotatable bonds is 5. The van der Waals surface area contributed by atoms with Crippen LogP contribution in [0, 0.1) is 11.6 Å². The topological polar surface area (TPSA) is 100 Å². The van der Waals surface area contributed by atoms with Crippen LogP contribution < -0.4 is 16.2 Å². The maximum absolute atomic E-state index is 14.2. The summed E-state index contributed by atoms with van der Waals surface area (Å²) in [6.45, 7) is 5.72. The molecule has 0 aliphatic carbocycles. The highest BCUT2D eigenvalue weighted by Crippen LogP contribution is 2.25. The van der Waals surface area contributed by atoms with Crippen LogP contribution in [-0.4, -0.2) is 15.7 Å². The Balaban J connectivity index is 1.81. The Morgan fingerprint density at radius 1 is 1.17 bits per heavy atom. The molecule has 1 heterocycles. The van der Waals surface area contributed by atoms with Crippen molar-refractivity contribution in [2.45, 2.75) is 32.9 Å². The lowest BCUT2D eigenvalue weighted by molar-refractivity contribution is 0.0990. The monoisotopic (exact) mass is 403 g/mol. The van der Waals surface area contributed by atoms with Crippen LogP contribution in [0.2, 0.25) is 0 Å². The molecule has 0 unspecified atom stereocenters. The van der Waals surface area contributed by atoms with Crippen molar-refractivity contribution in [1.29, 1.82) is 0 Å². The fourth-order valence-corrected chi connectivity index (χ4v) is 2.62. The Bertz CT molecular complexity index is 1110. The molecule has 152 valence electrons. The Hall–Kier alpha value is -3.49. The average molecular weight is 403 g/mol. The third-order valence-corrected chi connectivity index (χ3v) is 4.25. The Morgan fingerprint density at radius 3 is 2.41 bits per heavy atom. The molecule has 0 fully saturated rings. The lowest BCUT2D eigenvalue weighted by atomic mass is 9.87. The number of primary amides is 1. The minimum atomic E-state index is -1.27. The Labute approximate surface area is 164 Å². The number of carbonyl (C=O) groups excluding carboxylic acids is 1. The Morgan fingerprint density at radius 2 is 1.83 bits per heavy atom. The molecular formula is C20H19F2N3O4. The summed E-state index contributed by atoms with van der Waals surface area (Å²) in [7, 11) is 0. The van der Waals surface area contributed by atoms with Crippen molar-refractivity contribution in [2.75, 3.05) is 0 Å². The summed E-state index contributed by atoms with van der Waals surface area (Å²) in [5, 5.41) is 4.02. The number of nitrogens with two attached hydrogens (primary N) is 1. The van der Waals surface area contributed by atoms with Gasteiger partial charge in [-0.2, -0.15) is 4.68 Å². The van der Waals surface area contributed by atoms with Crippen molar-refractivity contribution in [3.8, 4) is 17.2 Å². The SMILES string of the molecule is CC(C)(C)c1ccc(-c2nn(COc3ccc(F)c(C(N)=O)c3F)c(=O)o2)cc1. The van der Waals surface area contributed by atoms with Crippen LogP contribution >= 0.6 is 0 Å². The summed E-state index contributed by atoms with van der Waals surface area (Å²) < 4.78 is 38.8. The van der Waals surface area contributed by atoms with Crippen molar-refractivity contribution >= 4 is 5.91 Å². The van der Waals surface area contributed by atoms with E-state index in [0.29, 0.717) is 5.56 Å². The lowest BCUT2D eigenvalue weighted by Crippen LogP contribution is -2.20. The van der Waals surface area contributed by atoms with E-state index in [4.69, 9.17) is 14.9 Å². The number of nitrogens with zero attached hydrogens (tertiary/aromatic N) is 2. The van der Waals surface area contributed by atoms with Gasteiger partial charge in [-0.25, -0.2) is 13.6 Å². The minimum Gasteiger partial charge on any atom is -0.468 e. The molecule has 9 heteroatoms. The number of benzene rings is 2. The summed E-state index contributed by atoms with van der Waals surface area (Å²) in [5.74, 6) is -4.85. The van der Waals surface area contributed by atoms with E-state index in [2.05, 4.69) is 25.9 Å². The number of halogens is 2. The van der Waals surface area contributed by atoms with Gasteiger partial charge in [-0.05, 0) is 35.2 Å². The lowest BCUT2D eigenvalue weighted by Gasteiger charge is -2.18. The maximum Gasteiger partial charge on any atom is 0.440 e. The first-order valence-electron chi connectivity index (χ1n) is 8.67. The fraction of sp³-hybridized carbons (Fsp3) is 0.250. The van der Waals surface area contributed by atoms with E-state index in [9.17, 15) is 18.4 Å². The summed E-state index contributed by atoms with van der Waals surface area (Å²) in [5.41, 5.74) is 5.69. The maximum atomic E-state index is 14.2. The van der Waals surface area contributed by atoms with E-state index in [0.717, 1.165) is 22.4 Å². The van der Waals surface area contributed by atoms with Crippen molar-refractivity contribution in [2.24, 2.45) is 5.73 Å². The van der Waals surface area contributed by atoms with Crippen LogP contribution in [0.15, 0.2) is 45.6 Å². The molecule has 29 heavy (non-hydrogen) atoms. The van der Waals surface area contributed by atoms with Crippen LogP contribution in [0.5, 0.6) is 5.75 Å². The van der Waals surface area contributed by atoms with Crippen LogP contribution in [0.3, 0.4) is 0 Å². The molecule has 0 saturated heterocycles. The van der Waals surface area contributed by atoms with Crippen molar-refractivity contribution in [1.82, 2.24) is 9.78 Å². The summed E-state index contributed by atoms with van der Waals surface area (Å²) >= 11 is 0. The van der Waals surface area contributed by atoms with Gasteiger partial charge in [0.1, 0.15) is 11.4 Å². The highest BCUT2D eigenvalue weighted by atomic mass is 19.1. The van der Waals surface area contributed by atoms with Gasteiger partial charge in [0.05, 0.1) is 0 Å². The predicted octanol–water partition coefficient (Wildman–Crippen LogP) is 3.21. The molecular weight excluding hydrogens is 384 g/mol. The van der Waals surface area contributed by atoms with Crippen molar-refractivity contribution < 1.29 is 22.7 Å². The number of amides is 1. The van der Waals surface area contributed by atoms with E-state index in [-0.39, 0.29) is 11.3 Å². The van der Waals surface area contributed by atoms with Crippen LogP contribution in [0.4, 0.5) is 8.78 Å². The number of ether oxygens (including phenoxy) is 1. The van der Waals surface area contributed by atoms with E-state index in [1.54, 1.807) is 12.1 Å². The van der Waals surface area contributed by atoms with Gasteiger partial charge < -0.3 is 14.9 Å². The highest BCUT2D eigenvalue weighted by Gasteiger charge is 2.20. The van der Waals surface area contributed by atoms with E-state index in [1.807, 2.05) is 12.1 Å². The molecule has 2 aromatic carbocycles. The number of hydrogen-bond acceptors (Lipinski definition) is 5. The summed E-state index contributed by atoms with van der Waals surface area (Å²) in [6.07, 6.45) is 0. The van der Waals surface area contributed by atoms with Crippen LogP contribution in [0.25, 0.3) is 11.5 Å². The van der Waals surface area contributed by atoms with Gasteiger partial charge in [0, 0.05) is 5.56 Å². The first kappa shape index (κ1) is 20.2. The number of carbonyl (C=O) groups is 1. The zero-order valence-electron chi connectivity index (χ0n) is 16.0. The number of hydrogen-bond donors (Lipinski definition) is 1. The predicted molar refractivity (Wildman–Crippen MR) is 100 cm³/mol. The molecule has 2 N–H and O–H groups in total. The first-order valence-corrected chi connectivity index (χ1v) is 8.67.